The topological polar surface area (TPSA) is 78.8 Å². The van der Waals surface area contributed by atoms with E-state index in [9.17, 15) is 9.59 Å². The Morgan fingerprint density at radius 1 is 0.929 bits per heavy atom. The van der Waals surface area contributed by atoms with Crippen LogP contribution in [0.2, 0.25) is 0 Å². The molecule has 0 saturated carbocycles. The Bertz CT molecular complexity index is 1730. The molecule has 4 aromatic rings. The minimum Gasteiger partial charge on any atom is -0.451 e. The first kappa shape index (κ1) is 27.0. The number of hydrogen-bond acceptors (Lipinski definition) is 6. The molecule has 2 N–H and O–H groups in total. The van der Waals surface area contributed by atoms with Gasteiger partial charge in [0.15, 0.2) is 11.5 Å². The number of nitrogens with one attached hydrogen (secondary N) is 2. The van der Waals surface area contributed by atoms with Gasteiger partial charge in [-0.1, -0.05) is 24.3 Å². The summed E-state index contributed by atoms with van der Waals surface area (Å²) >= 11 is 0. The molecule has 8 nitrogen and oxygen atoms in total. The number of amides is 1. The van der Waals surface area contributed by atoms with Crippen molar-refractivity contribution in [1.82, 2.24) is 19.7 Å². The van der Waals surface area contributed by atoms with Crippen molar-refractivity contribution in [1.29, 1.82) is 0 Å². The summed E-state index contributed by atoms with van der Waals surface area (Å²) in [5.41, 5.74) is 2.24. The second-order valence-corrected chi connectivity index (χ2v) is 12.2. The highest BCUT2D eigenvalue weighted by molar-refractivity contribution is 6.01. The normalized spacial score (nSPS) is 20.1. The number of ether oxygens (including phenoxy) is 1. The molecule has 218 valence electrons. The molecule has 0 aliphatic carbocycles. The summed E-state index contributed by atoms with van der Waals surface area (Å²) in [7, 11) is 4.33. The third-order valence-electron chi connectivity index (χ3n) is 9.56. The van der Waals surface area contributed by atoms with Crippen molar-refractivity contribution >= 4 is 33.3 Å². The van der Waals surface area contributed by atoms with Crippen LogP contribution in [0.1, 0.15) is 48.9 Å². The standard InChI is InChI=1S/C34H39N5O3/c1-37-17-5-9-24(37)13-15-35-28-12-11-26-31-33(28)42-30-20-23-8-4-3-7-22(23)19-29(30)39(31)21-27(32(26)40)34(41)36-16-14-25-10-6-18-38(25)2/h3-4,7-8,11-12,19-21,24-25,35H,5-6,9-10,13-18H2,1-2H3,(H,36,41). The van der Waals surface area contributed by atoms with E-state index in [1.54, 1.807) is 6.20 Å². The first-order valence-corrected chi connectivity index (χ1v) is 15.3. The molecule has 8 heteroatoms. The molecule has 3 aromatic carbocycles. The number of fused-ring (bicyclic) bond motifs is 3. The number of aromatic nitrogens is 1. The lowest BCUT2D eigenvalue weighted by atomic mass is 10.0. The fraction of sp³-hybridized carbons (Fsp3) is 0.412. The van der Waals surface area contributed by atoms with Crippen molar-refractivity contribution in [3.05, 3.63) is 70.5 Å². The van der Waals surface area contributed by atoms with E-state index in [1.165, 1.54) is 19.3 Å². The predicted molar refractivity (Wildman–Crippen MR) is 168 cm³/mol. The minimum atomic E-state index is -0.329. The van der Waals surface area contributed by atoms with Gasteiger partial charge < -0.3 is 29.7 Å². The van der Waals surface area contributed by atoms with Gasteiger partial charge in [0.2, 0.25) is 5.43 Å². The highest BCUT2D eigenvalue weighted by atomic mass is 16.5. The average Bonchev–Trinajstić information content (AvgIpc) is 3.60. The molecule has 2 unspecified atom stereocenters. The number of pyridine rings is 1. The number of likely N-dealkylation sites (tertiary alicyclic amines) is 2. The molecule has 0 spiro atoms. The maximum Gasteiger partial charge on any atom is 0.256 e. The molecular weight excluding hydrogens is 526 g/mol. The van der Waals surface area contributed by atoms with Crippen molar-refractivity contribution < 1.29 is 9.53 Å². The lowest BCUT2D eigenvalue weighted by Crippen LogP contribution is -2.34. The molecule has 4 heterocycles. The van der Waals surface area contributed by atoms with Gasteiger partial charge in [0.1, 0.15) is 11.1 Å². The van der Waals surface area contributed by atoms with Gasteiger partial charge in [-0.3, -0.25) is 9.59 Å². The van der Waals surface area contributed by atoms with Crippen LogP contribution in [0.3, 0.4) is 0 Å². The number of rotatable bonds is 8. The summed E-state index contributed by atoms with van der Waals surface area (Å²) in [4.78, 5) is 32.0. The first-order chi connectivity index (χ1) is 20.5. The number of carbonyl (C=O) groups is 1. The molecule has 0 bridgehead atoms. The number of benzene rings is 3. The maximum atomic E-state index is 13.8. The predicted octanol–water partition coefficient (Wildman–Crippen LogP) is 5.36. The average molecular weight is 566 g/mol. The van der Waals surface area contributed by atoms with Crippen LogP contribution in [-0.2, 0) is 0 Å². The van der Waals surface area contributed by atoms with E-state index in [-0.39, 0.29) is 16.9 Å². The minimum absolute atomic E-state index is 0.152. The lowest BCUT2D eigenvalue weighted by molar-refractivity contribution is 0.0949. The zero-order chi connectivity index (χ0) is 28.8. The molecule has 1 aromatic heterocycles. The Kier molecular flexibility index (Phi) is 7.12. The van der Waals surface area contributed by atoms with Crippen LogP contribution in [0.5, 0.6) is 11.5 Å². The van der Waals surface area contributed by atoms with Crippen LogP contribution >= 0.6 is 0 Å². The van der Waals surface area contributed by atoms with Crippen molar-refractivity contribution in [2.75, 3.05) is 45.6 Å². The molecule has 7 rings (SSSR count). The van der Waals surface area contributed by atoms with E-state index in [0.29, 0.717) is 41.0 Å². The molecule has 3 aliphatic rings. The van der Waals surface area contributed by atoms with E-state index in [1.807, 2.05) is 34.9 Å². The quantitative estimate of drug-likeness (QED) is 0.264. The largest absolute Gasteiger partial charge is 0.451 e. The van der Waals surface area contributed by atoms with Crippen LogP contribution in [0, 0.1) is 0 Å². The summed E-state index contributed by atoms with van der Waals surface area (Å²) in [5.74, 6) is 1.000. The number of hydrogen-bond donors (Lipinski definition) is 2. The monoisotopic (exact) mass is 565 g/mol. The summed E-state index contributed by atoms with van der Waals surface area (Å²) in [6, 6.07) is 17.1. The Labute approximate surface area is 246 Å². The van der Waals surface area contributed by atoms with Crippen LogP contribution in [0.4, 0.5) is 5.69 Å². The van der Waals surface area contributed by atoms with Gasteiger partial charge in [0.25, 0.3) is 5.91 Å². The molecule has 2 atom stereocenters. The number of nitrogens with zero attached hydrogens (tertiary/aromatic N) is 3. The van der Waals surface area contributed by atoms with Gasteiger partial charge in [-0.2, -0.15) is 0 Å². The summed E-state index contributed by atoms with van der Waals surface area (Å²) in [5, 5.41) is 9.25. The summed E-state index contributed by atoms with van der Waals surface area (Å²) < 4.78 is 8.56. The van der Waals surface area contributed by atoms with E-state index in [0.717, 1.165) is 61.0 Å². The van der Waals surface area contributed by atoms with E-state index in [4.69, 9.17) is 4.74 Å². The summed E-state index contributed by atoms with van der Waals surface area (Å²) in [6.45, 7) is 3.60. The smallest absolute Gasteiger partial charge is 0.256 e. The second-order valence-electron chi connectivity index (χ2n) is 12.2. The zero-order valence-electron chi connectivity index (χ0n) is 24.5. The highest BCUT2D eigenvalue weighted by Gasteiger charge is 2.28. The molecule has 42 heavy (non-hydrogen) atoms. The van der Waals surface area contributed by atoms with Gasteiger partial charge in [-0.25, -0.2) is 0 Å². The van der Waals surface area contributed by atoms with E-state index >= 15 is 0 Å². The first-order valence-electron chi connectivity index (χ1n) is 15.3. The van der Waals surface area contributed by atoms with Crippen LogP contribution in [0.25, 0.3) is 27.4 Å². The van der Waals surface area contributed by atoms with Crippen LogP contribution in [-0.4, -0.2) is 72.6 Å². The fourth-order valence-electron chi connectivity index (χ4n) is 7.08. The molecule has 2 fully saturated rings. The van der Waals surface area contributed by atoms with E-state index in [2.05, 4.69) is 52.7 Å². The number of carbonyl (C=O) groups excluding carboxylic acids is 1. The Morgan fingerprint density at radius 2 is 1.62 bits per heavy atom. The van der Waals surface area contributed by atoms with Gasteiger partial charge in [-0.05, 0) is 101 Å². The second kappa shape index (κ2) is 11.1. The third kappa shape index (κ3) is 4.82. The third-order valence-corrected chi connectivity index (χ3v) is 9.56. The van der Waals surface area contributed by atoms with Crippen molar-refractivity contribution in [2.45, 2.75) is 50.6 Å². The number of anilines is 1. The molecule has 1 amide bonds. The SMILES string of the molecule is CN1CCCC1CCNC(=O)c1cn2c3c(c(NCCC4CCCN4C)ccc3c1=O)Oc1cc3ccccc3cc1-2. The maximum absolute atomic E-state index is 13.8. The van der Waals surface area contributed by atoms with Crippen molar-refractivity contribution in [3.63, 3.8) is 0 Å². The lowest BCUT2D eigenvalue weighted by Gasteiger charge is -2.27. The van der Waals surface area contributed by atoms with E-state index < -0.39 is 0 Å². The molecule has 2 saturated heterocycles. The van der Waals surface area contributed by atoms with Gasteiger partial charge in [-0.15, -0.1) is 0 Å². The van der Waals surface area contributed by atoms with Crippen molar-refractivity contribution in [3.8, 4) is 17.2 Å². The van der Waals surface area contributed by atoms with Gasteiger partial charge >= 0.3 is 0 Å². The fourth-order valence-corrected chi connectivity index (χ4v) is 7.08. The van der Waals surface area contributed by atoms with Gasteiger partial charge in [0.05, 0.1) is 16.8 Å². The summed E-state index contributed by atoms with van der Waals surface area (Å²) in [6.07, 6.45) is 8.43. The Hall–Kier alpha value is -3.88. The zero-order valence-corrected chi connectivity index (χ0v) is 24.5. The highest BCUT2D eigenvalue weighted by Crippen LogP contribution is 2.45. The molecular formula is C34H39N5O3. The molecule has 0 radical (unpaired) electrons. The van der Waals surface area contributed by atoms with Crippen molar-refractivity contribution in [2.24, 2.45) is 0 Å². The van der Waals surface area contributed by atoms with Crippen LogP contribution in [0.15, 0.2) is 59.5 Å². The van der Waals surface area contributed by atoms with Gasteiger partial charge in [0, 0.05) is 31.4 Å². The molecule has 3 aliphatic heterocycles. The van der Waals surface area contributed by atoms with Crippen LogP contribution < -0.4 is 20.8 Å². The Balaban J connectivity index is 1.26. The Morgan fingerprint density at radius 3 is 2.31 bits per heavy atom.